The van der Waals surface area contributed by atoms with E-state index >= 15 is 0 Å². The van der Waals surface area contributed by atoms with Gasteiger partial charge in [0.15, 0.2) is 0 Å². The van der Waals surface area contributed by atoms with Crippen LogP contribution in [0.25, 0.3) is 11.3 Å². The van der Waals surface area contributed by atoms with Crippen molar-refractivity contribution in [2.24, 2.45) is 0 Å². The summed E-state index contributed by atoms with van der Waals surface area (Å²) < 4.78 is 30.4. The lowest BCUT2D eigenvalue weighted by Crippen LogP contribution is -2.46. The molecule has 168 valence electrons. The Morgan fingerprint density at radius 3 is 2.47 bits per heavy atom. The minimum Gasteiger partial charge on any atom is -0.435 e. The van der Waals surface area contributed by atoms with Crippen molar-refractivity contribution in [1.82, 2.24) is 19.4 Å². The zero-order valence-corrected chi connectivity index (χ0v) is 17.9. The second-order valence-corrected chi connectivity index (χ2v) is 7.96. The number of carbonyl (C=O) groups is 1. The third-order valence-corrected chi connectivity index (χ3v) is 5.83. The summed E-state index contributed by atoms with van der Waals surface area (Å²) in [5, 5.41) is 0. The fourth-order valence-corrected chi connectivity index (χ4v) is 4.03. The zero-order chi connectivity index (χ0) is 22.5. The fraction of sp³-hybridized carbons (Fsp3) is 0.333. The first-order valence-corrected chi connectivity index (χ1v) is 10.6. The van der Waals surface area contributed by atoms with Gasteiger partial charge < -0.3 is 9.64 Å². The smallest absolute Gasteiger partial charge is 0.387 e. The Labute approximate surface area is 186 Å². The highest BCUT2D eigenvalue weighted by Crippen LogP contribution is 2.23. The van der Waals surface area contributed by atoms with Gasteiger partial charge in [-0.25, -0.2) is 9.78 Å². The van der Waals surface area contributed by atoms with Crippen LogP contribution in [0.4, 0.5) is 13.6 Å². The molecule has 1 fully saturated rings. The summed E-state index contributed by atoms with van der Waals surface area (Å²) in [6, 6.07) is 16.6. The second kappa shape index (κ2) is 9.91. The van der Waals surface area contributed by atoms with Gasteiger partial charge in [0.2, 0.25) is 0 Å². The number of nitrogens with zero attached hydrogens (tertiary/aromatic N) is 4. The molecule has 0 radical (unpaired) electrons. The number of amides is 1. The first-order valence-electron chi connectivity index (χ1n) is 10.6. The molecule has 0 aliphatic carbocycles. The number of hydrogen-bond donors (Lipinski definition) is 0. The van der Waals surface area contributed by atoms with Crippen LogP contribution in [0.1, 0.15) is 18.4 Å². The number of rotatable bonds is 6. The van der Waals surface area contributed by atoms with Gasteiger partial charge in [0, 0.05) is 44.5 Å². The first kappa shape index (κ1) is 22.0. The van der Waals surface area contributed by atoms with Crippen LogP contribution in [0.5, 0.6) is 5.75 Å². The summed E-state index contributed by atoms with van der Waals surface area (Å²) in [5.41, 5.74) is 2.61. The van der Waals surface area contributed by atoms with Gasteiger partial charge in [-0.15, -0.1) is 0 Å². The van der Waals surface area contributed by atoms with Crippen molar-refractivity contribution >= 4 is 6.03 Å². The van der Waals surface area contributed by atoms with Gasteiger partial charge in [0.05, 0.1) is 5.69 Å². The zero-order valence-electron chi connectivity index (χ0n) is 17.9. The SMILES string of the molecule is CN(C(=O)n1cnc(-c2ccc(OC(F)F)cc2)c1)C1CCN(Cc2ccccc2)CC1. The van der Waals surface area contributed by atoms with E-state index in [4.69, 9.17) is 0 Å². The average molecular weight is 440 g/mol. The number of ether oxygens (including phenoxy) is 1. The maximum absolute atomic E-state index is 13.0. The maximum atomic E-state index is 13.0. The molecule has 1 aliphatic rings. The Balaban J connectivity index is 1.33. The predicted octanol–water partition coefficient (Wildman–Crippen LogP) is 4.72. The largest absolute Gasteiger partial charge is 0.435 e. The molecule has 0 bridgehead atoms. The minimum atomic E-state index is -2.86. The quantitative estimate of drug-likeness (QED) is 0.557. The minimum absolute atomic E-state index is 0.0811. The van der Waals surface area contributed by atoms with Crippen molar-refractivity contribution in [2.45, 2.75) is 32.0 Å². The lowest BCUT2D eigenvalue weighted by molar-refractivity contribution is -0.0498. The molecule has 3 aromatic rings. The monoisotopic (exact) mass is 440 g/mol. The number of halogens is 2. The molecule has 0 N–H and O–H groups in total. The van der Waals surface area contributed by atoms with E-state index < -0.39 is 6.61 Å². The maximum Gasteiger partial charge on any atom is 0.387 e. The molecule has 0 saturated carbocycles. The Bertz CT molecular complexity index is 1020. The van der Waals surface area contributed by atoms with E-state index in [1.807, 2.05) is 13.1 Å². The molecule has 4 rings (SSSR count). The van der Waals surface area contributed by atoms with E-state index in [0.29, 0.717) is 5.69 Å². The van der Waals surface area contributed by atoms with Crippen LogP contribution < -0.4 is 4.74 Å². The molecule has 2 heterocycles. The highest BCUT2D eigenvalue weighted by Gasteiger charge is 2.26. The summed E-state index contributed by atoms with van der Waals surface area (Å²) in [4.78, 5) is 21.5. The molecule has 32 heavy (non-hydrogen) atoms. The van der Waals surface area contributed by atoms with Crippen molar-refractivity contribution in [3.8, 4) is 17.0 Å². The number of imidazole rings is 1. The van der Waals surface area contributed by atoms with Crippen molar-refractivity contribution in [3.63, 3.8) is 0 Å². The second-order valence-electron chi connectivity index (χ2n) is 7.96. The number of benzene rings is 2. The average Bonchev–Trinajstić information content (AvgIpc) is 3.30. The van der Waals surface area contributed by atoms with Crippen molar-refractivity contribution < 1.29 is 18.3 Å². The normalized spacial score (nSPS) is 15.1. The molecular weight excluding hydrogens is 414 g/mol. The predicted molar refractivity (Wildman–Crippen MR) is 118 cm³/mol. The van der Waals surface area contributed by atoms with E-state index in [0.717, 1.165) is 38.0 Å². The first-order chi connectivity index (χ1) is 15.5. The van der Waals surface area contributed by atoms with Crippen LogP contribution in [0.15, 0.2) is 67.1 Å². The molecule has 1 aromatic heterocycles. The number of likely N-dealkylation sites (tertiary alicyclic amines) is 1. The number of hydrogen-bond acceptors (Lipinski definition) is 4. The van der Waals surface area contributed by atoms with Gasteiger partial charge in [-0.05, 0) is 42.7 Å². The standard InChI is InChI=1S/C24H26F2N4O2/c1-28(20-11-13-29(14-12-20)15-18-5-3-2-4-6-18)24(31)30-16-22(27-17-30)19-7-9-21(10-8-19)32-23(25)26/h2-10,16-17,20,23H,11-15H2,1H3. The Hall–Kier alpha value is -3.26. The van der Waals surface area contributed by atoms with Crippen LogP contribution in [0.2, 0.25) is 0 Å². The molecule has 0 unspecified atom stereocenters. The van der Waals surface area contributed by atoms with Crippen molar-refractivity contribution in [1.29, 1.82) is 0 Å². The van der Waals surface area contributed by atoms with Gasteiger partial charge in [0.25, 0.3) is 0 Å². The molecule has 2 aromatic carbocycles. The van der Waals surface area contributed by atoms with Crippen LogP contribution in [0, 0.1) is 0 Å². The van der Waals surface area contributed by atoms with E-state index in [-0.39, 0.29) is 17.8 Å². The Kier molecular flexibility index (Phi) is 6.80. The van der Waals surface area contributed by atoms with Crippen molar-refractivity contribution in [2.75, 3.05) is 20.1 Å². The number of piperidine rings is 1. The summed E-state index contributed by atoms with van der Waals surface area (Å²) in [6.45, 7) is -0.0471. The van der Waals surface area contributed by atoms with E-state index in [1.54, 1.807) is 23.2 Å². The van der Waals surface area contributed by atoms with E-state index in [9.17, 15) is 13.6 Å². The highest BCUT2D eigenvalue weighted by atomic mass is 19.3. The van der Waals surface area contributed by atoms with Gasteiger partial charge in [-0.1, -0.05) is 30.3 Å². The Morgan fingerprint density at radius 1 is 1.12 bits per heavy atom. The molecule has 1 amide bonds. The van der Waals surface area contributed by atoms with E-state index in [2.05, 4.69) is 38.9 Å². The summed E-state index contributed by atoms with van der Waals surface area (Å²) in [7, 11) is 1.83. The van der Waals surface area contributed by atoms with Gasteiger partial charge in [0.1, 0.15) is 12.1 Å². The lowest BCUT2D eigenvalue weighted by Gasteiger charge is -2.36. The summed E-state index contributed by atoms with van der Waals surface area (Å²) >= 11 is 0. The van der Waals surface area contributed by atoms with Crippen LogP contribution in [-0.2, 0) is 6.54 Å². The van der Waals surface area contributed by atoms with Gasteiger partial charge >= 0.3 is 12.6 Å². The molecule has 0 spiro atoms. The Morgan fingerprint density at radius 2 is 1.81 bits per heavy atom. The van der Waals surface area contributed by atoms with Gasteiger partial charge in [-0.3, -0.25) is 9.47 Å². The molecule has 8 heteroatoms. The lowest BCUT2D eigenvalue weighted by atomic mass is 10.0. The molecular formula is C24H26F2N4O2. The van der Waals surface area contributed by atoms with Crippen molar-refractivity contribution in [3.05, 3.63) is 72.7 Å². The molecule has 6 nitrogen and oxygen atoms in total. The third kappa shape index (κ3) is 5.31. The number of carbonyl (C=O) groups excluding carboxylic acids is 1. The molecule has 0 atom stereocenters. The topological polar surface area (TPSA) is 50.6 Å². The van der Waals surface area contributed by atoms with Crippen LogP contribution >= 0.6 is 0 Å². The summed E-state index contributed by atoms with van der Waals surface area (Å²) in [6.07, 6.45) is 4.99. The fourth-order valence-electron chi connectivity index (χ4n) is 4.03. The van der Waals surface area contributed by atoms with Crippen LogP contribution in [-0.4, -0.2) is 58.2 Å². The third-order valence-electron chi connectivity index (χ3n) is 5.83. The molecule has 1 saturated heterocycles. The van der Waals surface area contributed by atoms with E-state index in [1.165, 1.54) is 28.6 Å². The highest BCUT2D eigenvalue weighted by molar-refractivity contribution is 5.78. The van der Waals surface area contributed by atoms with Crippen LogP contribution in [0.3, 0.4) is 0 Å². The number of aromatic nitrogens is 2. The number of alkyl halides is 2. The molecule has 1 aliphatic heterocycles. The summed E-state index contributed by atoms with van der Waals surface area (Å²) in [5.74, 6) is 0.0811. The van der Waals surface area contributed by atoms with Gasteiger partial charge in [-0.2, -0.15) is 8.78 Å².